The molecule has 232 valence electrons. The van der Waals surface area contributed by atoms with E-state index in [-0.39, 0.29) is 49.4 Å². The highest BCUT2D eigenvalue weighted by atomic mass is 16.5. The Morgan fingerprint density at radius 1 is 1.09 bits per heavy atom. The van der Waals surface area contributed by atoms with Gasteiger partial charge in [0.2, 0.25) is 11.8 Å². The second-order valence-corrected chi connectivity index (χ2v) is 11.6. The van der Waals surface area contributed by atoms with Gasteiger partial charge in [-0.15, -0.1) is 0 Å². The fourth-order valence-corrected chi connectivity index (χ4v) is 6.02. The molecular weight excluding hydrogens is 552 g/mol. The average molecular weight is 595 g/mol. The van der Waals surface area contributed by atoms with Crippen LogP contribution in [-0.4, -0.2) is 110 Å². The van der Waals surface area contributed by atoms with Crippen LogP contribution in [0, 0.1) is 5.92 Å². The van der Waals surface area contributed by atoms with Gasteiger partial charge in [0.15, 0.2) is 11.5 Å². The molecule has 0 spiro atoms. The second-order valence-electron chi connectivity index (χ2n) is 11.6. The molecule has 11 nitrogen and oxygen atoms in total. The molecule has 2 fully saturated rings. The number of benzene rings is 2. The Labute approximate surface area is 252 Å². The molecule has 3 aliphatic heterocycles. The number of amides is 3. The third kappa shape index (κ3) is 7.65. The quantitative estimate of drug-likeness (QED) is 0.541. The number of carbonyl (C=O) groups is 3. The lowest BCUT2D eigenvalue weighted by Gasteiger charge is -2.41. The van der Waals surface area contributed by atoms with Crippen molar-refractivity contribution in [1.82, 2.24) is 20.0 Å². The van der Waals surface area contributed by atoms with Crippen molar-refractivity contribution in [2.45, 2.75) is 44.4 Å². The smallest absolute Gasteiger partial charge is 0.254 e. The number of hydrogen-bond donors (Lipinski definition) is 2. The minimum Gasteiger partial charge on any atom is -0.493 e. The van der Waals surface area contributed by atoms with Crippen molar-refractivity contribution in [3.8, 4) is 17.2 Å². The lowest BCUT2D eigenvalue weighted by Crippen LogP contribution is -2.59. The SMILES string of the molecule is COc1ccc2cc1Oc1cccc(c1)CO[C@H]1CCN(C(=O)C3CCN(C)CC3)C[C@@H]1NC(=O)CN(CCCO)C2=O. The Balaban J connectivity index is 1.41. The van der Waals surface area contributed by atoms with Gasteiger partial charge in [-0.2, -0.15) is 0 Å². The summed E-state index contributed by atoms with van der Waals surface area (Å²) < 4.78 is 18.0. The summed E-state index contributed by atoms with van der Waals surface area (Å²) in [7, 11) is 3.60. The molecule has 0 unspecified atom stereocenters. The van der Waals surface area contributed by atoms with Gasteiger partial charge in [-0.25, -0.2) is 0 Å². The van der Waals surface area contributed by atoms with E-state index in [2.05, 4.69) is 17.3 Å². The summed E-state index contributed by atoms with van der Waals surface area (Å²) in [5.74, 6) is 0.795. The summed E-state index contributed by atoms with van der Waals surface area (Å²) in [5, 5.41) is 12.6. The average Bonchev–Trinajstić information content (AvgIpc) is 3.02. The molecule has 3 aliphatic rings. The number of hydrogen-bond acceptors (Lipinski definition) is 8. The van der Waals surface area contributed by atoms with Gasteiger partial charge in [-0.05, 0) is 81.7 Å². The zero-order chi connectivity index (χ0) is 30.3. The maximum Gasteiger partial charge on any atom is 0.254 e. The van der Waals surface area contributed by atoms with Crippen LogP contribution in [0.5, 0.6) is 17.2 Å². The molecule has 3 amide bonds. The Morgan fingerprint density at radius 3 is 2.67 bits per heavy atom. The van der Waals surface area contributed by atoms with Gasteiger partial charge < -0.3 is 39.3 Å². The van der Waals surface area contributed by atoms with E-state index in [4.69, 9.17) is 14.2 Å². The van der Waals surface area contributed by atoms with Crippen LogP contribution in [0.2, 0.25) is 0 Å². The summed E-state index contributed by atoms with van der Waals surface area (Å²) in [6, 6.07) is 12.0. The molecule has 0 radical (unpaired) electrons. The molecule has 5 rings (SSSR count). The molecule has 0 aromatic heterocycles. The first-order valence-corrected chi connectivity index (χ1v) is 15.1. The maximum absolute atomic E-state index is 13.6. The number of piperidine rings is 2. The topological polar surface area (TPSA) is 121 Å². The van der Waals surface area contributed by atoms with Gasteiger partial charge in [-0.3, -0.25) is 14.4 Å². The first-order chi connectivity index (χ1) is 20.8. The maximum atomic E-state index is 13.6. The number of aliphatic hydroxyl groups excluding tert-OH is 1. The van der Waals surface area contributed by atoms with E-state index in [0.29, 0.717) is 55.4 Å². The van der Waals surface area contributed by atoms with E-state index in [1.165, 1.54) is 12.0 Å². The Kier molecular flexibility index (Phi) is 10.2. The number of nitrogens with one attached hydrogen (secondary N) is 1. The lowest BCUT2D eigenvalue weighted by atomic mass is 9.93. The van der Waals surface area contributed by atoms with Gasteiger partial charge in [0.1, 0.15) is 5.75 Å². The zero-order valence-corrected chi connectivity index (χ0v) is 25.0. The lowest BCUT2D eigenvalue weighted by molar-refractivity contribution is -0.142. The number of aliphatic hydroxyl groups is 1. The molecule has 4 bridgehead atoms. The standard InChI is InChI=1S/C32H42N4O7/c1-34-13-9-23(10-14-34)31(39)36-15-11-27-26(19-36)33-30(38)20-35(12-4-16-37)32(40)24-7-8-28(41-2)29(18-24)43-25-6-3-5-22(17-25)21-42-27/h3,5-8,17-18,23,26-27,37H,4,9-16,19-21H2,1-2H3,(H,33,38)/t26-,27-/m0/s1. The first-order valence-electron chi connectivity index (χ1n) is 15.1. The Bertz CT molecular complexity index is 1300. The van der Waals surface area contributed by atoms with E-state index in [1.54, 1.807) is 18.2 Å². The number of ether oxygens (including phenoxy) is 3. The van der Waals surface area contributed by atoms with E-state index in [9.17, 15) is 19.5 Å². The fraction of sp³-hybridized carbons (Fsp3) is 0.531. The van der Waals surface area contributed by atoms with Crippen LogP contribution < -0.4 is 14.8 Å². The fourth-order valence-electron chi connectivity index (χ4n) is 6.02. The van der Waals surface area contributed by atoms with Gasteiger partial charge >= 0.3 is 0 Å². The number of likely N-dealkylation sites (tertiary alicyclic amines) is 2. The predicted octanol–water partition coefficient (Wildman–Crippen LogP) is 2.27. The second kappa shape index (κ2) is 14.2. The van der Waals surface area contributed by atoms with Crippen molar-refractivity contribution in [3.05, 3.63) is 53.6 Å². The highest BCUT2D eigenvalue weighted by molar-refractivity contribution is 5.97. The van der Waals surface area contributed by atoms with Crippen molar-refractivity contribution >= 4 is 17.7 Å². The van der Waals surface area contributed by atoms with E-state index < -0.39 is 6.04 Å². The monoisotopic (exact) mass is 594 g/mol. The zero-order valence-electron chi connectivity index (χ0n) is 25.0. The highest BCUT2D eigenvalue weighted by Crippen LogP contribution is 2.33. The summed E-state index contributed by atoms with van der Waals surface area (Å²) >= 11 is 0. The minimum atomic E-state index is -0.439. The van der Waals surface area contributed by atoms with Gasteiger partial charge in [0.25, 0.3) is 5.91 Å². The van der Waals surface area contributed by atoms with Crippen LogP contribution in [0.3, 0.4) is 0 Å². The molecule has 2 atom stereocenters. The summed E-state index contributed by atoms with van der Waals surface area (Å²) in [4.78, 5) is 46.1. The summed E-state index contributed by atoms with van der Waals surface area (Å²) in [5.41, 5.74) is 1.22. The van der Waals surface area contributed by atoms with Gasteiger partial charge in [0, 0.05) is 37.7 Å². The third-order valence-corrected chi connectivity index (χ3v) is 8.48. The molecule has 2 N–H and O–H groups in total. The van der Waals surface area contributed by atoms with Crippen LogP contribution >= 0.6 is 0 Å². The molecular formula is C32H42N4O7. The van der Waals surface area contributed by atoms with Crippen molar-refractivity contribution in [3.63, 3.8) is 0 Å². The van der Waals surface area contributed by atoms with Gasteiger partial charge in [0.05, 0.1) is 32.4 Å². The number of methoxy groups -OCH3 is 1. The number of fused-ring (bicyclic) bond motifs is 5. The van der Waals surface area contributed by atoms with Crippen molar-refractivity contribution in [2.24, 2.45) is 5.92 Å². The van der Waals surface area contributed by atoms with Crippen molar-refractivity contribution in [1.29, 1.82) is 0 Å². The van der Waals surface area contributed by atoms with Crippen LogP contribution in [0.4, 0.5) is 0 Å². The predicted molar refractivity (Wildman–Crippen MR) is 159 cm³/mol. The van der Waals surface area contributed by atoms with Crippen LogP contribution in [-0.2, 0) is 20.9 Å². The molecule has 43 heavy (non-hydrogen) atoms. The minimum absolute atomic E-state index is 0.0146. The number of rotatable bonds is 5. The highest BCUT2D eigenvalue weighted by Gasteiger charge is 2.36. The van der Waals surface area contributed by atoms with Crippen LogP contribution in [0.25, 0.3) is 0 Å². The van der Waals surface area contributed by atoms with E-state index in [1.807, 2.05) is 29.2 Å². The summed E-state index contributed by atoms with van der Waals surface area (Å²) in [6.07, 6.45) is 2.23. The van der Waals surface area contributed by atoms with Crippen LogP contribution in [0.15, 0.2) is 42.5 Å². The third-order valence-electron chi connectivity index (χ3n) is 8.48. The van der Waals surface area contributed by atoms with Crippen molar-refractivity contribution in [2.75, 3.05) is 60.0 Å². The number of carbonyl (C=O) groups excluding carboxylic acids is 3. The summed E-state index contributed by atoms with van der Waals surface area (Å²) in [6.45, 7) is 2.86. The molecule has 3 heterocycles. The van der Waals surface area contributed by atoms with Crippen molar-refractivity contribution < 1.29 is 33.7 Å². The molecule has 2 aromatic carbocycles. The first kappa shape index (κ1) is 30.8. The molecule has 2 saturated heterocycles. The Hall–Kier alpha value is -3.67. The largest absolute Gasteiger partial charge is 0.493 e. The molecule has 2 aromatic rings. The Morgan fingerprint density at radius 2 is 1.91 bits per heavy atom. The van der Waals surface area contributed by atoms with Gasteiger partial charge in [-0.1, -0.05) is 12.1 Å². The normalized spacial score (nSPS) is 22.4. The molecule has 0 saturated carbocycles. The number of nitrogens with zero attached hydrogens (tertiary/aromatic N) is 3. The van der Waals surface area contributed by atoms with E-state index in [0.717, 1.165) is 31.5 Å². The van der Waals surface area contributed by atoms with Crippen LogP contribution in [0.1, 0.15) is 41.6 Å². The molecule has 11 heteroatoms. The van der Waals surface area contributed by atoms with E-state index >= 15 is 0 Å². The molecule has 0 aliphatic carbocycles.